The molecule has 1 saturated carbocycles. The lowest BCUT2D eigenvalue weighted by Crippen LogP contribution is -2.44. The van der Waals surface area contributed by atoms with Crippen LogP contribution in [-0.4, -0.2) is 40.7 Å². The summed E-state index contributed by atoms with van der Waals surface area (Å²) in [5.41, 5.74) is 3.11. The first kappa shape index (κ1) is 19.7. The second kappa shape index (κ2) is 8.44. The first-order valence-corrected chi connectivity index (χ1v) is 10.7. The number of benzene rings is 1. The van der Waals surface area contributed by atoms with E-state index in [1.165, 1.54) is 23.7 Å². The molecule has 2 heterocycles. The molecule has 29 heavy (non-hydrogen) atoms. The minimum atomic E-state index is -0.00561. The standard InChI is InChI=1S/C24H30N2O3/c1-17(2)19-5-3-18(4-6-19)15-26(22-7-8-22)24(28)20-9-12-25(13-10-20)23(27)21-11-14-29-16-21/h3-6,11,14,16-17,20,22H,7-10,12-13,15H2,1-2H3. The number of furan rings is 1. The number of piperidine rings is 1. The number of hydrogen-bond donors (Lipinski definition) is 0. The Bertz CT molecular complexity index is 830. The highest BCUT2D eigenvalue weighted by molar-refractivity contribution is 5.94. The number of hydrogen-bond acceptors (Lipinski definition) is 3. The zero-order chi connectivity index (χ0) is 20.4. The van der Waals surface area contributed by atoms with E-state index in [1.54, 1.807) is 6.07 Å². The van der Waals surface area contributed by atoms with Gasteiger partial charge in [0.25, 0.3) is 5.91 Å². The molecule has 0 radical (unpaired) electrons. The van der Waals surface area contributed by atoms with Crippen molar-refractivity contribution in [2.24, 2.45) is 5.92 Å². The van der Waals surface area contributed by atoms with Crippen molar-refractivity contribution in [1.29, 1.82) is 0 Å². The van der Waals surface area contributed by atoms with E-state index in [9.17, 15) is 9.59 Å². The van der Waals surface area contributed by atoms with Crippen LogP contribution in [-0.2, 0) is 11.3 Å². The topological polar surface area (TPSA) is 53.8 Å². The van der Waals surface area contributed by atoms with Crippen LogP contribution in [0.4, 0.5) is 0 Å². The molecule has 0 atom stereocenters. The normalized spacial score (nSPS) is 17.6. The van der Waals surface area contributed by atoms with Crippen LogP contribution >= 0.6 is 0 Å². The third-order valence-electron chi connectivity index (χ3n) is 6.17. The zero-order valence-electron chi connectivity index (χ0n) is 17.3. The first-order chi connectivity index (χ1) is 14.0. The van der Waals surface area contributed by atoms with Crippen molar-refractivity contribution in [3.8, 4) is 0 Å². The van der Waals surface area contributed by atoms with Gasteiger partial charge >= 0.3 is 0 Å². The molecule has 0 bridgehead atoms. The fourth-order valence-electron chi connectivity index (χ4n) is 4.11. The van der Waals surface area contributed by atoms with Crippen LogP contribution in [0.3, 0.4) is 0 Å². The van der Waals surface area contributed by atoms with E-state index in [2.05, 4.69) is 43.0 Å². The van der Waals surface area contributed by atoms with Gasteiger partial charge in [-0.15, -0.1) is 0 Å². The predicted molar refractivity (Wildman–Crippen MR) is 111 cm³/mol. The average Bonchev–Trinajstić information content (AvgIpc) is 3.44. The Kier molecular flexibility index (Phi) is 5.74. The van der Waals surface area contributed by atoms with Crippen molar-refractivity contribution in [2.45, 2.75) is 58.0 Å². The third kappa shape index (κ3) is 4.55. The molecule has 2 fully saturated rings. The molecular weight excluding hydrogens is 364 g/mol. The van der Waals surface area contributed by atoms with Crippen molar-refractivity contribution >= 4 is 11.8 Å². The van der Waals surface area contributed by atoms with E-state index < -0.39 is 0 Å². The summed E-state index contributed by atoms with van der Waals surface area (Å²) in [7, 11) is 0. The molecule has 5 nitrogen and oxygen atoms in total. The van der Waals surface area contributed by atoms with Crippen molar-refractivity contribution < 1.29 is 14.0 Å². The SMILES string of the molecule is CC(C)c1ccc(CN(C(=O)C2CCN(C(=O)c3ccoc3)CC2)C2CC2)cc1. The molecule has 0 N–H and O–H groups in total. The van der Waals surface area contributed by atoms with Gasteiger partial charge < -0.3 is 14.2 Å². The van der Waals surface area contributed by atoms with Gasteiger partial charge in [0, 0.05) is 31.6 Å². The largest absolute Gasteiger partial charge is 0.472 e. The first-order valence-electron chi connectivity index (χ1n) is 10.7. The van der Waals surface area contributed by atoms with Gasteiger partial charge in [0.15, 0.2) is 0 Å². The van der Waals surface area contributed by atoms with Crippen molar-refractivity contribution in [3.63, 3.8) is 0 Å². The van der Waals surface area contributed by atoms with E-state index in [0.29, 0.717) is 37.2 Å². The Hall–Kier alpha value is -2.56. The quantitative estimate of drug-likeness (QED) is 0.727. The van der Waals surface area contributed by atoms with Crippen LogP contribution in [0.2, 0.25) is 0 Å². The zero-order valence-corrected chi connectivity index (χ0v) is 17.3. The molecule has 1 aromatic carbocycles. The molecule has 1 aromatic heterocycles. The number of likely N-dealkylation sites (tertiary alicyclic amines) is 1. The lowest BCUT2D eigenvalue weighted by Gasteiger charge is -2.34. The number of carbonyl (C=O) groups is 2. The van der Waals surface area contributed by atoms with E-state index in [0.717, 1.165) is 25.7 Å². The Morgan fingerprint density at radius 2 is 1.76 bits per heavy atom. The van der Waals surface area contributed by atoms with Crippen molar-refractivity contribution in [2.75, 3.05) is 13.1 Å². The van der Waals surface area contributed by atoms with Gasteiger partial charge in [0.05, 0.1) is 11.8 Å². The molecule has 1 aliphatic heterocycles. The van der Waals surface area contributed by atoms with E-state index in [1.807, 2.05) is 4.90 Å². The monoisotopic (exact) mass is 394 g/mol. The average molecular weight is 395 g/mol. The Labute approximate surface area is 172 Å². The van der Waals surface area contributed by atoms with Gasteiger partial charge in [0.1, 0.15) is 6.26 Å². The molecule has 2 aromatic rings. The van der Waals surface area contributed by atoms with Crippen LogP contribution in [0.25, 0.3) is 0 Å². The number of amides is 2. The second-order valence-corrected chi connectivity index (χ2v) is 8.67. The molecule has 0 spiro atoms. The lowest BCUT2D eigenvalue weighted by molar-refractivity contribution is -0.138. The number of carbonyl (C=O) groups excluding carboxylic acids is 2. The summed E-state index contributed by atoms with van der Waals surface area (Å²) in [6.07, 6.45) is 6.68. The Balaban J connectivity index is 1.36. The van der Waals surface area contributed by atoms with Crippen molar-refractivity contribution in [3.05, 3.63) is 59.5 Å². The highest BCUT2D eigenvalue weighted by atomic mass is 16.3. The molecule has 2 aliphatic rings. The molecule has 0 unspecified atom stereocenters. The minimum absolute atomic E-state index is 0.00561. The Morgan fingerprint density at radius 1 is 1.07 bits per heavy atom. The molecule has 4 rings (SSSR count). The fourth-order valence-corrected chi connectivity index (χ4v) is 4.11. The van der Waals surface area contributed by atoms with Crippen LogP contribution < -0.4 is 0 Å². The predicted octanol–water partition coefficient (Wildman–Crippen LogP) is 4.45. The molecule has 1 aliphatic carbocycles. The maximum atomic E-state index is 13.3. The second-order valence-electron chi connectivity index (χ2n) is 8.67. The highest BCUT2D eigenvalue weighted by Crippen LogP contribution is 2.32. The van der Waals surface area contributed by atoms with E-state index in [4.69, 9.17) is 4.42 Å². The van der Waals surface area contributed by atoms with Crippen LogP contribution in [0, 0.1) is 5.92 Å². The Morgan fingerprint density at radius 3 is 2.31 bits per heavy atom. The van der Waals surface area contributed by atoms with E-state index in [-0.39, 0.29) is 17.7 Å². The van der Waals surface area contributed by atoms with Gasteiger partial charge in [-0.2, -0.15) is 0 Å². The van der Waals surface area contributed by atoms with Gasteiger partial charge in [-0.3, -0.25) is 9.59 Å². The minimum Gasteiger partial charge on any atom is -0.472 e. The summed E-state index contributed by atoms with van der Waals surface area (Å²) in [4.78, 5) is 29.7. The van der Waals surface area contributed by atoms with Gasteiger partial charge in [-0.25, -0.2) is 0 Å². The number of nitrogens with zero attached hydrogens (tertiary/aromatic N) is 2. The van der Waals surface area contributed by atoms with Gasteiger partial charge in [-0.05, 0) is 48.8 Å². The summed E-state index contributed by atoms with van der Waals surface area (Å²) >= 11 is 0. The fraction of sp³-hybridized carbons (Fsp3) is 0.500. The summed E-state index contributed by atoms with van der Waals surface area (Å²) < 4.78 is 5.02. The summed E-state index contributed by atoms with van der Waals surface area (Å²) in [5, 5.41) is 0. The maximum Gasteiger partial charge on any atom is 0.257 e. The molecule has 5 heteroatoms. The maximum absolute atomic E-state index is 13.3. The van der Waals surface area contributed by atoms with Crippen LogP contribution in [0.1, 0.15) is 66.9 Å². The molecule has 154 valence electrons. The molecule has 1 saturated heterocycles. The van der Waals surface area contributed by atoms with Gasteiger partial charge in [-0.1, -0.05) is 38.1 Å². The molecular formula is C24H30N2O3. The summed E-state index contributed by atoms with van der Waals surface area (Å²) in [5.74, 6) is 0.781. The smallest absolute Gasteiger partial charge is 0.257 e. The molecule has 2 amide bonds. The van der Waals surface area contributed by atoms with Crippen LogP contribution in [0.15, 0.2) is 47.3 Å². The summed E-state index contributed by atoms with van der Waals surface area (Å²) in [6.45, 7) is 6.33. The van der Waals surface area contributed by atoms with Gasteiger partial charge in [0.2, 0.25) is 5.91 Å². The third-order valence-corrected chi connectivity index (χ3v) is 6.17. The van der Waals surface area contributed by atoms with E-state index >= 15 is 0 Å². The highest BCUT2D eigenvalue weighted by Gasteiger charge is 2.37. The number of rotatable bonds is 6. The lowest BCUT2D eigenvalue weighted by atomic mass is 9.94. The van der Waals surface area contributed by atoms with Crippen LogP contribution in [0.5, 0.6) is 0 Å². The van der Waals surface area contributed by atoms with Crippen molar-refractivity contribution in [1.82, 2.24) is 9.80 Å². The summed E-state index contributed by atoms with van der Waals surface area (Å²) in [6, 6.07) is 10.7.